The van der Waals surface area contributed by atoms with Gasteiger partial charge in [0.05, 0.1) is 17.2 Å². The Morgan fingerprint density at radius 3 is 2.29 bits per heavy atom. The van der Waals surface area contributed by atoms with E-state index in [1.165, 1.54) is 23.9 Å². The third kappa shape index (κ3) is 7.57. The number of esters is 1. The highest BCUT2D eigenvalue weighted by molar-refractivity contribution is 7.99. The minimum absolute atomic E-state index is 0.150. The summed E-state index contributed by atoms with van der Waals surface area (Å²) in [6, 6.07) is 13.9. The number of alkyl halides is 3. The van der Waals surface area contributed by atoms with Crippen molar-refractivity contribution in [1.29, 1.82) is 0 Å². The van der Waals surface area contributed by atoms with Gasteiger partial charge in [-0.1, -0.05) is 29.4 Å². The van der Waals surface area contributed by atoms with Gasteiger partial charge in [0.1, 0.15) is 18.1 Å². The third-order valence-electron chi connectivity index (χ3n) is 4.93. The van der Waals surface area contributed by atoms with Crippen LogP contribution in [0.4, 0.5) is 13.2 Å². The van der Waals surface area contributed by atoms with Crippen molar-refractivity contribution < 1.29 is 32.2 Å². The van der Waals surface area contributed by atoms with Crippen molar-refractivity contribution >= 4 is 29.3 Å². The van der Waals surface area contributed by atoms with E-state index in [0.29, 0.717) is 23.1 Å². The molecule has 0 N–H and O–H groups in total. The van der Waals surface area contributed by atoms with E-state index in [2.05, 4.69) is 0 Å². The Bertz CT molecular complexity index is 1180. The number of carbonyl (C=O) groups is 1. The van der Waals surface area contributed by atoms with Gasteiger partial charge in [-0.25, -0.2) is 4.79 Å². The van der Waals surface area contributed by atoms with Crippen LogP contribution in [-0.2, 0) is 22.3 Å². The van der Waals surface area contributed by atoms with Crippen LogP contribution in [0.5, 0.6) is 11.5 Å². The first kappa shape index (κ1) is 26.8. The van der Waals surface area contributed by atoms with Gasteiger partial charge in [0.2, 0.25) is 0 Å². The number of rotatable bonds is 9. The van der Waals surface area contributed by atoms with Crippen LogP contribution in [0, 0.1) is 13.8 Å². The maximum atomic E-state index is 12.7. The molecule has 0 aliphatic heterocycles. The molecule has 9 heteroatoms. The second kappa shape index (κ2) is 11.7. The molecule has 0 bridgehead atoms. The summed E-state index contributed by atoms with van der Waals surface area (Å²) in [6.07, 6.45) is -4.38. The average Bonchev–Trinajstić information content (AvgIpc) is 2.80. The van der Waals surface area contributed by atoms with E-state index in [0.717, 1.165) is 38.6 Å². The minimum Gasteiger partial charge on any atom is -0.489 e. The summed E-state index contributed by atoms with van der Waals surface area (Å²) in [4.78, 5) is 13.4. The summed E-state index contributed by atoms with van der Waals surface area (Å²) < 4.78 is 54.1. The maximum Gasteiger partial charge on any atom is 0.416 e. The third-order valence-corrected chi connectivity index (χ3v) is 6.59. The Morgan fingerprint density at radius 1 is 0.943 bits per heavy atom. The van der Waals surface area contributed by atoms with E-state index < -0.39 is 17.7 Å². The van der Waals surface area contributed by atoms with Gasteiger partial charge in [0, 0.05) is 9.79 Å². The van der Waals surface area contributed by atoms with Gasteiger partial charge in [0.25, 0.3) is 0 Å². The second-order valence-electron chi connectivity index (χ2n) is 7.65. The van der Waals surface area contributed by atoms with Crippen molar-refractivity contribution in [3.63, 3.8) is 0 Å². The zero-order valence-corrected chi connectivity index (χ0v) is 20.9. The Hall–Kier alpha value is -2.84. The highest BCUT2D eigenvalue weighted by Gasteiger charge is 2.30. The Balaban J connectivity index is 1.63. The predicted molar refractivity (Wildman–Crippen MR) is 129 cm³/mol. The van der Waals surface area contributed by atoms with E-state index in [1.54, 1.807) is 13.0 Å². The summed E-state index contributed by atoms with van der Waals surface area (Å²) in [5.41, 5.74) is 1.90. The lowest BCUT2D eigenvalue weighted by Gasteiger charge is -2.14. The molecule has 0 aromatic heterocycles. The summed E-state index contributed by atoms with van der Waals surface area (Å²) in [6.45, 7) is 5.90. The molecule has 4 nitrogen and oxygen atoms in total. The summed E-state index contributed by atoms with van der Waals surface area (Å²) in [5.74, 6) is 0.530. The molecule has 0 radical (unpaired) electrons. The molecule has 0 fully saturated rings. The molecule has 3 aromatic rings. The number of benzene rings is 3. The number of hydrogen-bond donors (Lipinski definition) is 0. The monoisotopic (exact) mass is 524 g/mol. The second-order valence-corrected chi connectivity index (χ2v) is 9.15. The fourth-order valence-electron chi connectivity index (χ4n) is 3.11. The Morgan fingerprint density at radius 2 is 1.66 bits per heavy atom. The Labute approximate surface area is 211 Å². The van der Waals surface area contributed by atoms with E-state index in [-0.39, 0.29) is 13.2 Å². The van der Waals surface area contributed by atoms with E-state index in [1.807, 2.05) is 38.1 Å². The van der Waals surface area contributed by atoms with E-state index >= 15 is 0 Å². The number of aryl methyl sites for hydroxylation is 2. The minimum atomic E-state index is -4.38. The molecule has 35 heavy (non-hydrogen) atoms. The first-order valence-corrected chi connectivity index (χ1v) is 11.9. The zero-order chi connectivity index (χ0) is 25.6. The van der Waals surface area contributed by atoms with Crippen LogP contribution < -0.4 is 9.47 Å². The SMILES string of the molecule is CCOC(=O)COc1cc(C)c(Sc2ccc(COc3ccc(C(F)(F)F)cc3)cc2Cl)cc1C. The highest BCUT2D eigenvalue weighted by Crippen LogP contribution is 2.38. The lowest BCUT2D eigenvalue weighted by atomic mass is 10.1. The van der Waals surface area contributed by atoms with Crippen LogP contribution in [0.15, 0.2) is 64.4 Å². The number of ether oxygens (including phenoxy) is 3. The number of carbonyl (C=O) groups excluding carboxylic acids is 1. The van der Waals surface area contributed by atoms with Gasteiger partial charge in [0.15, 0.2) is 6.61 Å². The van der Waals surface area contributed by atoms with Crippen LogP contribution >= 0.6 is 23.4 Å². The van der Waals surface area contributed by atoms with Crippen molar-refractivity contribution in [1.82, 2.24) is 0 Å². The quantitative estimate of drug-likeness (QED) is 0.269. The molecule has 3 aromatic carbocycles. The topological polar surface area (TPSA) is 44.8 Å². The largest absolute Gasteiger partial charge is 0.489 e. The van der Waals surface area contributed by atoms with Crippen LogP contribution in [0.3, 0.4) is 0 Å². The van der Waals surface area contributed by atoms with Gasteiger partial charge in [-0.2, -0.15) is 13.2 Å². The van der Waals surface area contributed by atoms with Crippen LogP contribution in [0.2, 0.25) is 5.02 Å². The first-order chi connectivity index (χ1) is 16.6. The van der Waals surface area contributed by atoms with Crippen molar-refractivity contribution in [2.75, 3.05) is 13.2 Å². The van der Waals surface area contributed by atoms with Crippen LogP contribution in [0.1, 0.15) is 29.2 Å². The summed E-state index contributed by atoms with van der Waals surface area (Å²) in [7, 11) is 0. The van der Waals surface area contributed by atoms with Gasteiger partial charge in [-0.15, -0.1) is 0 Å². The normalized spacial score (nSPS) is 11.3. The first-order valence-electron chi connectivity index (χ1n) is 10.7. The average molecular weight is 525 g/mol. The molecule has 186 valence electrons. The molecule has 0 heterocycles. The standard InChI is InChI=1S/C26H24ClF3O4S/c1-4-32-25(31)15-34-22-11-17(3)24(12-16(22)2)35-23-10-5-18(13-21(23)27)14-33-20-8-6-19(7-9-20)26(28,29)30/h5-13H,4,14-15H2,1-3H3. The molecule has 3 rings (SSSR count). The molecule has 0 amide bonds. The lowest BCUT2D eigenvalue weighted by molar-refractivity contribution is -0.145. The van der Waals surface area contributed by atoms with Crippen LogP contribution in [0.25, 0.3) is 0 Å². The highest BCUT2D eigenvalue weighted by atomic mass is 35.5. The predicted octanol–water partition coefficient (Wildman–Crippen LogP) is 7.65. The van der Waals surface area contributed by atoms with Crippen molar-refractivity contribution in [3.8, 4) is 11.5 Å². The zero-order valence-electron chi connectivity index (χ0n) is 19.4. The fraction of sp³-hybridized carbons (Fsp3) is 0.269. The molecule has 0 saturated carbocycles. The summed E-state index contributed by atoms with van der Waals surface area (Å²) in [5, 5.41) is 0.531. The molecule has 0 aliphatic rings. The Kier molecular flexibility index (Phi) is 8.97. The molecule has 0 unspecified atom stereocenters. The number of hydrogen-bond acceptors (Lipinski definition) is 5. The van der Waals surface area contributed by atoms with E-state index in [9.17, 15) is 18.0 Å². The van der Waals surface area contributed by atoms with Crippen LogP contribution in [-0.4, -0.2) is 19.2 Å². The molecular weight excluding hydrogens is 501 g/mol. The smallest absolute Gasteiger partial charge is 0.416 e. The van der Waals surface area contributed by atoms with Gasteiger partial charge < -0.3 is 14.2 Å². The van der Waals surface area contributed by atoms with Crippen molar-refractivity contribution in [2.45, 2.75) is 43.3 Å². The maximum absolute atomic E-state index is 12.7. The van der Waals surface area contributed by atoms with Gasteiger partial charge >= 0.3 is 12.1 Å². The fourth-order valence-corrected chi connectivity index (χ4v) is 4.41. The van der Waals surface area contributed by atoms with E-state index in [4.69, 9.17) is 25.8 Å². The number of halogens is 4. The summed E-state index contributed by atoms with van der Waals surface area (Å²) >= 11 is 7.99. The van der Waals surface area contributed by atoms with Gasteiger partial charge in [-0.05, 0) is 86.0 Å². The molecule has 0 spiro atoms. The van der Waals surface area contributed by atoms with Crippen molar-refractivity contribution in [3.05, 3.63) is 81.9 Å². The molecule has 0 atom stereocenters. The molecular formula is C26H24ClF3O4S. The lowest BCUT2D eigenvalue weighted by Crippen LogP contribution is -2.15. The molecule has 0 aliphatic carbocycles. The van der Waals surface area contributed by atoms with Gasteiger partial charge in [-0.3, -0.25) is 0 Å². The molecule has 0 saturated heterocycles. The van der Waals surface area contributed by atoms with Crippen molar-refractivity contribution in [2.24, 2.45) is 0 Å².